The van der Waals surface area contributed by atoms with E-state index in [0.29, 0.717) is 0 Å². The highest BCUT2D eigenvalue weighted by atomic mass is 32.2. The summed E-state index contributed by atoms with van der Waals surface area (Å²) in [5.41, 5.74) is 0. The van der Waals surface area contributed by atoms with Gasteiger partial charge in [0.15, 0.2) is 0 Å². The number of rotatable bonds is 4. The molecule has 1 atom stereocenters. The van der Waals surface area contributed by atoms with Crippen molar-refractivity contribution in [2.75, 3.05) is 7.11 Å². The van der Waals surface area contributed by atoms with E-state index >= 15 is 0 Å². The van der Waals surface area contributed by atoms with Gasteiger partial charge in [-0.1, -0.05) is 5.04 Å². The van der Waals surface area contributed by atoms with E-state index in [1.54, 1.807) is 0 Å². The van der Waals surface area contributed by atoms with Crippen LogP contribution in [-0.4, -0.2) is 23.3 Å². The van der Waals surface area contributed by atoms with E-state index in [9.17, 15) is 9.18 Å². The van der Waals surface area contributed by atoms with Crippen LogP contribution in [-0.2, 0) is 18.9 Å². The van der Waals surface area contributed by atoms with Crippen molar-refractivity contribution in [3.63, 3.8) is 0 Å². The molecule has 0 radical (unpaired) electrons. The Hall–Kier alpha value is -0.370. The molecule has 0 bridgehead atoms. The van der Waals surface area contributed by atoms with Gasteiger partial charge in [0.2, 0.25) is 0 Å². The van der Waals surface area contributed by atoms with E-state index in [1.807, 2.05) is 0 Å². The fourth-order valence-electron chi connectivity index (χ4n) is 0.295. The molecule has 0 spiro atoms. The lowest BCUT2D eigenvalue weighted by atomic mass is 10.4. The van der Waals surface area contributed by atoms with Crippen molar-refractivity contribution in [1.82, 2.24) is 0 Å². The van der Waals surface area contributed by atoms with E-state index < -0.39 is 11.0 Å². The van der Waals surface area contributed by atoms with Crippen molar-refractivity contribution >= 4 is 18.0 Å². The van der Waals surface area contributed by atoms with Crippen LogP contribution in [0.3, 0.4) is 0 Å². The summed E-state index contributed by atoms with van der Waals surface area (Å²) >= 11 is -0.00204. The maximum Gasteiger partial charge on any atom is 0.356 e. The summed E-state index contributed by atoms with van der Waals surface area (Å²) in [6, 6.07) is 0. The van der Waals surface area contributed by atoms with Gasteiger partial charge in [-0.25, -0.2) is 14.4 Å². The standard InChI is InChI=1S/C4H7FO5S/c1-4(5,3(6)8-2)11-10-9-7/h7H,1-2H3. The Labute approximate surface area is 66.5 Å². The van der Waals surface area contributed by atoms with Gasteiger partial charge in [-0.3, -0.25) is 0 Å². The second-order valence-corrected chi connectivity index (χ2v) is 2.70. The normalized spacial score (nSPS) is 15.6. The van der Waals surface area contributed by atoms with Gasteiger partial charge in [0.1, 0.15) is 0 Å². The van der Waals surface area contributed by atoms with E-state index in [-0.39, 0.29) is 12.0 Å². The first-order valence-corrected chi connectivity index (χ1v) is 3.22. The fraction of sp³-hybridized carbons (Fsp3) is 0.750. The maximum atomic E-state index is 12.8. The van der Waals surface area contributed by atoms with Crippen molar-refractivity contribution < 1.29 is 28.6 Å². The third kappa shape index (κ3) is 3.51. The SMILES string of the molecule is COC(=O)C(C)(F)SOOO. The molecule has 0 aliphatic rings. The van der Waals surface area contributed by atoms with E-state index in [4.69, 9.17) is 5.26 Å². The minimum atomic E-state index is -2.39. The number of hydrogen-bond donors (Lipinski definition) is 1. The van der Waals surface area contributed by atoms with Crippen molar-refractivity contribution in [2.24, 2.45) is 0 Å². The number of hydrogen-bond acceptors (Lipinski definition) is 6. The maximum absolute atomic E-state index is 12.8. The molecule has 0 aliphatic heterocycles. The molecule has 0 aliphatic carbocycles. The van der Waals surface area contributed by atoms with Crippen molar-refractivity contribution in [3.05, 3.63) is 0 Å². The predicted molar refractivity (Wildman–Crippen MR) is 33.9 cm³/mol. The van der Waals surface area contributed by atoms with Crippen LogP contribution in [0.15, 0.2) is 0 Å². The first-order valence-electron chi connectivity index (χ1n) is 2.48. The number of alkyl halides is 1. The third-order valence-electron chi connectivity index (χ3n) is 0.771. The molecule has 0 amide bonds. The summed E-state index contributed by atoms with van der Waals surface area (Å²) in [5.74, 6) is -1.13. The van der Waals surface area contributed by atoms with Crippen molar-refractivity contribution in [3.8, 4) is 0 Å². The zero-order valence-electron chi connectivity index (χ0n) is 5.87. The summed E-state index contributed by atoms with van der Waals surface area (Å²) in [7, 11) is 1.03. The first-order chi connectivity index (χ1) is 5.04. The fourth-order valence-corrected chi connectivity index (χ4v) is 0.605. The topological polar surface area (TPSA) is 65.0 Å². The molecule has 0 aromatic heterocycles. The number of ether oxygens (including phenoxy) is 1. The molecule has 0 aromatic carbocycles. The highest BCUT2D eigenvalue weighted by Crippen LogP contribution is 2.28. The van der Waals surface area contributed by atoms with Crippen LogP contribution in [0.2, 0.25) is 0 Å². The molecule has 1 unspecified atom stereocenters. The molecule has 7 heteroatoms. The van der Waals surface area contributed by atoms with Crippen LogP contribution in [0.5, 0.6) is 0 Å². The molecular formula is C4H7FO5S. The summed E-state index contributed by atoms with van der Waals surface area (Å²) in [5, 5.41) is 8.32. The van der Waals surface area contributed by atoms with Crippen LogP contribution >= 0.6 is 12.0 Å². The summed E-state index contributed by atoms with van der Waals surface area (Å²) in [4.78, 5) is 10.5. The molecule has 0 fully saturated rings. The summed E-state index contributed by atoms with van der Waals surface area (Å²) in [6.07, 6.45) is 0. The van der Waals surface area contributed by atoms with Crippen LogP contribution in [0.1, 0.15) is 6.92 Å². The van der Waals surface area contributed by atoms with E-state index in [1.165, 1.54) is 0 Å². The largest absolute Gasteiger partial charge is 0.466 e. The number of methoxy groups -OCH3 is 1. The van der Waals surface area contributed by atoms with Gasteiger partial charge in [0.05, 0.1) is 19.2 Å². The summed E-state index contributed by atoms with van der Waals surface area (Å²) in [6.45, 7) is 0.905. The average molecular weight is 186 g/mol. The van der Waals surface area contributed by atoms with Gasteiger partial charge < -0.3 is 4.74 Å². The van der Waals surface area contributed by atoms with Gasteiger partial charge in [-0.15, -0.1) is 4.33 Å². The minimum absolute atomic E-state index is 0.00204. The molecule has 66 valence electrons. The molecule has 0 heterocycles. The highest BCUT2D eigenvalue weighted by molar-refractivity contribution is 7.96. The van der Waals surface area contributed by atoms with Gasteiger partial charge in [-0.2, -0.15) is 0 Å². The second kappa shape index (κ2) is 4.50. The number of carbonyl (C=O) groups excluding carboxylic acids is 1. The molecule has 1 N–H and O–H groups in total. The lowest BCUT2D eigenvalue weighted by Crippen LogP contribution is -2.27. The zero-order valence-corrected chi connectivity index (χ0v) is 6.68. The number of halogens is 1. The Morgan fingerprint density at radius 1 is 1.73 bits per heavy atom. The molecule has 0 saturated heterocycles. The Morgan fingerprint density at radius 2 is 2.27 bits per heavy atom. The van der Waals surface area contributed by atoms with Crippen molar-refractivity contribution in [2.45, 2.75) is 11.9 Å². The van der Waals surface area contributed by atoms with E-state index in [2.05, 4.69) is 14.1 Å². The lowest BCUT2D eigenvalue weighted by Gasteiger charge is -2.12. The lowest BCUT2D eigenvalue weighted by molar-refractivity contribution is -0.432. The Morgan fingerprint density at radius 3 is 2.64 bits per heavy atom. The van der Waals surface area contributed by atoms with Crippen LogP contribution in [0.4, 0.5) is 4.39 Å². The Bertz CT molecular complexity index is 138. The Balaban J connectivity index is 3.88. The molecule has 0 aromatic rings. The molecule has 11 heavy (non-hydrogen) atoms. The number of esters is 1. The quantitative estimate of drug-likeness (QED) is 0.305. The second-order valence-electron chi connectivity index (χ2n) is 1.63. The van der Waals surface area contributed by atoms with E-state index in [0.717, 1.165) is 14.0 Å². The first kappa shape index (κ1) is 10.6. The average Bonchev–Trinajstić information content (AvgIpc) is 1.99. The van der Waals surface area contributed by atoms with Crippen LogP contribution < -0.4 is 0 Å². The zero-order chi connectivity index (χ0) is 8.91. The van der Waals surface area contributed by atoms with Gasteiger partial charge >= 0.3 is 5.97 Å². The monoisotopic (exact) mass is 186 g/mol. The molecule has 5 nitrogen and oxygen atoms in total. The van der Waals surface area contributed by atoms with Gasteiger partial charge in [0, 0.05) is 0 Å². The van der Waals surface area contributed by atoms with Crippen LogP contribution in [0, 0.1) is 0 Å². The molecular weight excluding hydrogens is 179 g/mol. The molecule has 0 rings (SSSR count). The Kier molecular flexibility index (Phi) is 4.34. The smallest absolute Gasteiger partial charge is 0.356 e. The van der Waals surface area contributed by atoms with Crippen LogP contribution in [0.25, 0.3) is 0 Å². The highest BCUT2D eigenvalue weighted by Gasteiger charge is 2.37. The molecule has 0 saturated carbocycles. The van der Waals surface area contributed by atoms with Gasteiger partial charge in [0.25, 0.3) is 5.00 Å². The summed E-state index contributed by atoms with van der Waals surface area (Å²) < 4.78 is 20.6. The minimum Gasteiger partial charge on any atom is -0.466 e. The third-order valence-corrected chi connectivity index (χ3v) is 1.38. The number of carbonyl (C=O) groups is 1. The van der Waals surface area contributed by atoms with Gasteiger partial charge in [-0.05, 0) is 6.92 Å². The van der Waals surface area contributed by atoms with Crippen molar-refractivity contribution in [1.29, 1.82) is 0 Å². The predicted octanol–water partition coefficient (Wildman–Crippen LogP) is 0.914.